The number of hydrogen-bond acceptors (Lipinski definition) is 14. The summed E-state index contributed by atoms with van der Waals surface area (Å²) in [6, 6.07) is -0.429. The molecule has 0 aliphatic rings. The average molecular weight is 757 g/mol. The van der Waals surface area contributed by atoms with Crippen LogP contribution in [-0.2, 0) is 28.9 Å². The van der Waals surface area contributed by atoms with E-state index in [0.717, 1.165) is 25.7 Å². The summed E-state index contributed by atoms with van der Waals surface area (Å²) >= 11 is 0. The number of rotatable bonds is 27. The smallest absolute Gasteiger partial charge is 0.726 e. The average Bonchev–Trinajstić information content (AvgIpc) is 3.09. The second-order valence-corrected chi connectivity index (χ2v) is 12.4. The number of esters is 2. The molecule has 0 aromatic heterocycles. The minimum Gasteiger partial charge on any atom is -0.726 e. The number of nitrogens with one attached hydrogen (secondary N) is 1. The fourth-order valence-corrected chi connectivity index (χ4v) is 4.02. The summed E-state index contributed by atoms with van der Waals surface area (Å²) in [6.45, 7) is 7.56. The Balaban J connectivity index is -0.000000145. The van der Waals surface area contributed by atoms with Crippen LogP contribution >= 0.6 is 0 Å². The quantitative estimate of drug-likeness (QED) is 0.0153. The maximum Gasteiger partial charge on any atom is 1.00 e. The Morgan fingerprint density at radius 3 is 1.24 bits per heavy atom. The van der Waals surface area contributed by atoms with Crippen LogP contribution in [0.4, 0.5) is 0 Å². The van der Waals surface area contributed by atoms with Gasteiger partial charge in [-0.05, 0) is 26.8 Å². The predicted molar refractivity (Wildman–Crippen MR) is 197 cm³/mol. The molecule has 0 amide bonds. The van der Waals surface area contributed by atoms with Crippen molar-refractivity contribution in [2.45, 2.75) is 155 Å². The van der Waals surface area contributed by atoms with Crippen LogP contribution in [0.25, 0.3) is 0 Å². The Kier molecular flexibility index (Phi) is 68.5. The molecule has 0 rings (SSSR count). The molecular formula is C34H77N4NaO10S. The zero-order valence-electron chi connectivity index (χ0n) is 32.5. The molecule has 10 N–H and O–H groups in total. The topological polar surface area (TPSA) is 261 Å². The van der Waals surface area contributed by atoms with Gasteiger partial charge in [0, 0.05) is 26.1 Å². The van der Waals surface area contributed by atoms with Crippen LogP contribution in [0.5, 0.6) is 0 Å². The van der Waals surface area contributed by atoms with Gasteiger partial charge < -0.3 is 47.1 Å². The summed E-state index contributed by atoms with van der Waals surface area (Å²) in [6.07, 6.45) is 22.9. The van der Waals surface area contributed by atoms with Crippen LogP contribution in [0.2, 0.25) is 0 Å². The minimum absolute atomic E-state index is 0. The van der Waals surface area contributed by atoms with Crippen LogP contribution in [-0.4, -0.2) is 99.4 Å². The van der Waals surface area contributed by atoms with Gasteiger partial charge in [-0.2, -0.15) is 0 Å². The third kappa shape index (κ3) is 73.2. The van der Waals surface area contributed by atoms with E-state index in [1.165, 1.54) is 89.9 Å². The fraction of sp³-hybridized carbons (Fsp3) is 0.941. The fourth-order valence-electron chi connectivity index (χ4n) is 3.70. The molecule has 1 atom stereocenters. The number of unbranched alkanes of at least 4 members (excludes halogenated alkanes) is 17. The van der Waals surface area contributed by atoms with Crippen LogP contribution in [0.3, 0.4) is 0 Å². The number of likely N-dealkylation sites (N-methyl/N-ethyl adjacent to an activating group) is 1. The Morgan fingerprint density at radius 1 is 0.660 bits per heavy atom. The SMILES string of the molecule is CCCCCCCCCCCC(=O)OC(=O)C(C)NC.CCCCCCCCCCCCOS(=O)(=O)[O-].NCCO.NCCO.NCCO.[Na+]. The van der Waals surface area contributed by atoms with E-state index < -0.39 is 28.4 Å². The molecule has 0 radical (unpaired) electrons. The van der Waals surface area contributed by atoms with E-state index in [1.807, 2.05) is 0 Å². The van der Waals surface area contributed by atoms with Crippen molar-refractivity contribution >= 4 is 22.3 Å². The molecule has 0 heterocycles. The second kappa shape index (κ2) is 55.5. The van der Waals surface area contributed by atoms with Gasteiger partial charge in [-0.25, -0.2) is 13.2 Å². The third-order valence-electron chi connectivity index (χ3n) is 6.60. The van der Waals surface area contributed by atoms with Crippen molar-refractivity contribution in [3.05, 3.63) is 0 Å². The van der Waals surface area contributed by atoms with E-state index in [-0.39, 0.29) is 56.0 Å². The van der Waals surface area contributed by atoms with Crippen LogP contribution in [0.15, 0.2) is 0 Å². The monoisotopic (exact) mass is 757 g/mol. The van der Waals surface area contributed by atoms with Gasteiger partial charge in [0.05, 0.1) is 26.4 Å². The van der Waals surface area contributed by atoms with E-state index in [4.69, 9.17) is 37.3 Å². The molecule has 0 aromatic rings. The molecule has 0 spiro atoms. The molecule has 0 saturated heterocycles. The van der Waals surface area contributed by atoms with E-state index in [9.17, 15) is 22.6 Å². The van der Waals surface area contributed by atoms with Crippen molar-refractivity contribution in [2.75, 3.05) is 53.1 Å². The van der Waals surface area contributed by atoms with Gasteiger partial charge >= 0.3 is 41.5 Å². The zero-order valence-corrected chi connectivity index (χ0v) is 35.3. The van der Waals surface area contributed by atoms with Crippen LogP contribution < -0.4 is 52.1 Å². The van der Waals surface area contributed by atoms with E-state index in [1.54, 1.807) is 14.0 Å². The van der Waals surface area contributed by atoms with Crippen molar-refractivity contribution < 1.29 is 76.4 Å². The molecule has 0 fully saturated rings. The molecule has 0 bridgehead atoms. The summed E-state index contributed by atoms with van der Waals surface area (Å²) in [5.74, 6) is -0.895. The maximum atomic E-state index is 11.4. The molecule has 50 heavy (non-hydrogen) atoms. The van der Waals surface area contributed by atoms with Crippen molar-refractivity contribution in [3.8, 4) is 0 Å². The summed E-state index contributed by atoms with van der Waals surface area (Å²) in [5, 5.41) is 26.0. The Morgan fingerprint density at radius 2 is 0.960 bits per heavy atom. The molecule has 0 aliphatic carbocycles. The summed E-state index contributed by atoms with van der Waals surface area (Å²) in [7, 11) is -2.82. The van der Waals surface area contributed by atoms with E-state index in [0.29, 0.717) is 32.5 Å². The van der Waals surface area contributed by atoms with Crippen LogP contribution in [0.1, 0.15) is 149 Å². The van der Waals surface area contributed by atoms with Crippen LogP contribution in [0, 0.1) is 0 Å². The third-order valence-corrected chi connectivity index (χ3v) is 7.05. The van der Waals surface area contributed by atoms with Gasteiger partial charge in [0.2, 0.25) is 10.4 Å². The first-order valence-electron chi connectivity index (χ1n) is 18.4. The first kappa shape index (κ1) is 61.8. The summed E-state index contributed by atoms with van der Waals surface area (Å²) in [4.78, 5) is 22.7. The molecule has 0 aromatic carbocycles. The Bertz CT molecular complexity index is 727. The molecular weight excluding hydrogens is 679 g/mol. The van der Waals surface area contributed by atoms with Gasteiger partial charge in [-0.3, -0.25) is 8.98 Å². The minimum atomic E-state index is -4.48. The largest absolute Gasteiger partial charge is 1.00 e. The number of carbonyl (C=O) groups is 2. The number of ether oxygens (including phenoxy) is 1. The zero-order chi connectivity index (χ0) is 38.4. The van der Waals surface area contributed by atoms with Crippen molar-refractivity contribution in [1.82, 2.24) is 5.32 Å². The van der Waals surface area contributed by atoms with Gasteiger partial charge in [-0.15, -0.1) is 0 Å². The van der Waals surface area contributed by atoms with Crippen molar-refractivity contribution in [2.24, 2.45) is 17.2 Å². The Labute approximate surface area is 328 Å². The molecule has 1 unspecified atom stereocenters. The summed E-state index contributed by atoms with van der Waals surface area (Å²) in [5.41, 5.74) is 14.3. The normalized spacial score (nSPS) is 10.7. The Hall–Kier alpha value is -0.270. The van der Waals surface area contributed by atoms with E-state index >= 15 is 0 Å². The number of aliphatic hydroxyl groups is 3. The van der Waals surface area contributed by atoms with Crippen molar-refractivity contribution in [3.63, 3.8) is 0 Å². The first-order valence-corrected chi connectivity index (χ1v) is 19.7. The van der Waals surface area contributed by atoms with Gasteiger partial charge in [0.15, 0.2) is 0 Å². The number of carbonyl (C=O) groups excluding carboxylic acids is 2. The second-order valence-electron chi connectivity index (χ2n) is 11.3. The van der Waals surface area contributed by atoms with Gasteiger partial charge in [-0.1, -0.05) is 123 Å². The standard InChI is InChI=1S/C16H31NO3.C12H26O4S.3C2H7NO.Na/c1-4-5-6-7-8-9-10-11-12-13-15(18)20-16(19)14(2)17-3;1-2-3-4-5-6-7-8-9-10-11-12-16-17(13,14)15;3*3-1-2-4;/h14,17H,4-13H2,1-3H3;2-12H2,1H3,(H,13,14,15);3*4H,1-3H2;/q;;;;;+1/p-1. The molecule has 0 aliphatic heterocycles. The van der Waals surface area contributed by atoms with Crippen molar-refractivity contribution in [1.29, 1.82) is 0 Å². The first-order chi connectivity index (χ1) is 23.4. The van der Waals surface area contributed by atoms with Gasteiger partial charge in [0.25, 0.3) is 0 Å². The molecule has 0 saturated carbocycles. The number of aliphatic hydroxyl groups excluding tert-OH is 3. The van der Waals surface area contributed by atoms with Gasteiger partial charge in [0.1, 0.15) is 6.04 Å². The molecule has 300 valence electrons. The summed E-state index contributed by atoms with van der Waals surface area (Å²) < 4.78 is 39.2. The van der Waals surface area contributed by atoms with E-state index in [2.05, 4.69) is 23.3 Å². The molecule has 14 nitrogen and oxygen atoms in total. The predicted octanol–water partition coefficient (Wildman–Crippen LogP) is 0.785. The maximum absolute atomic E-state index is 11.4. The number of nitrogens with two attached hydrogens (primary N) is 3. The molecule has 16 heteroatoms. The number of hydrogen-bond donors (Lipinski definition) is 7.